The highest BCUT2D eigenvalue weighted by atomic mass is 19.1. The Balaban J connectivity index is 1.56. The fourth-order valence-electron chi connectivity index (χ4n) is 5.24. The number of anilines is 1. The fraction of sp³-hybridized carbons (Fsp3) is 0.423. The fourth-order valence-corrected chi connectivity index (χ4v) is 5.24. The number of likely N-dealkylation sites (tertiary alicyclic amines) is 1. The molecular weight excluding hydrogens is 419 g/mol. The summed E-state index contributed by atoms with van der Waals surface area (Å²) in [6.45, 7) is 3.47. The smallest absolute Gasteiger partial charge is 0.165 e. The van der Waals surface area contributed by atoms with Gasteiger partial charge < -0.3 is 24.6 Å². The maximum atomic E-state index is 14.7. The topological polar surface area (TPSA) is 49.9 Å². The van der Waals surface area contributed by atoms with Crippen molar-refractivity contribution in [2.24, 2.45) is 0 Å². The van der Waals surface area contributed by atoms with Crippen molar-refractivity contribution in [3.8, 4) is 22.8 Å². The molecule has 0 radical (unpaired) electrons. The van der Waals surface area contributed by atoms with Gasteiger partial charge in [0.05, 0.1) is 18.3 Å². The number of hydrogen-bond acceptors (Lipinski definition) is 6. The van der Waals surface area contributed by atoms with Crippen molar-refractivity contribution in [2.75, 3.05) is 52.3 Å². The van der Waals surface area contributed by atoms with Crippen molar-refractivity contribution in [1.29, 1.82) is 0 Å². The molecule has 2 atom stereocenters. The van der Waals surface area contributed by atoms with Gasteiger partial charge in [0, 0.05) is 54.4 Å². The third kappa shape index (κ3) is 4.11. The molecule has 7 heteroatoms. The van der Waals surface area contributed by atoms with Crippen LogP contribution in [0.25, 0.3) is 22.2 Å². The van der Waals surface area contributed by atoms with Gasteiger partial charge in [-0.15, -0.1) is 0 Å². The molecule has 1 aromatic heterocycles. The Hall–Kier alpha value is -2.90. The van der Waals surface area contributed by atoms with E-state index in [1.54, 1.807) is 12.1 Å². The Morgan fingerprint density at radius 2 is 1.88 bits per heavy atom. The van der Waals surface area contributed by atoms with Crippen molar-refractivity contribution in [2.45, 2.75) is 24.9 Å². The van der Waals surface area contributed by atoms with E-state index in [1.807, 2.05) is 31.3 Å². The molecule has 1 N–H and O–H groups in total. The number of rotatable bonds is 7. The van der Waals surface area contributed by atoms with Gasteiger partial charge in [0.15, 0.2) is 11.6 Å². The molecule has 2 aromatic carbocycles. The predicted octanol–water partition coefficient (Wildman–Crippen LogP) is 3.93. The normalized spacial score (nSPS) is 20.4. The van der Waals surface area contributed by atoms with Crippen molar-refractivity contribution in [1.82, 2.24) is 15.2 Å². The average molecular weight is 451 g/mol. The zero-order chi connectivity index (χ0) is 22.9. The second kappa shape index (κ2) is 9.15. The van der Waals surface area contributed by atoms with Crippen molar-refractivity contribution < 1.29 is 13.9 Å². The standard InChI is InChI=1S/C26H31FN4O2/c1-28-10-13-33-18-6-4-17(5-7-18)21-15-25(31-12-9-23-24(31)8-11-30(23)2)19-14-20(27)26(32-3)16-22(19)29-21/h4-7,14-16,23-24,28H,8-13H2,1-3H3. The third-order valence-corrected chi connectivity index (χ3v) is 6.99. The van der Waals surface area contributed by atoms with Crippen LogP contribution in [0.15, 0.2) is 42.5 Å². The summed E-state index contributed by atoms with van der Waals surface area (Å²) in [5, 5.41) is 3.91. The van der Waals surface area contributed by atoms with Gasteiger partial charge in [0.2, 0.25) is 0 Å². The van der Waals surface area contributed by atoms with Crippen LogP contribution in [-0.2, 0) is 0 Å². The van der Waals surface area contributed by atoms with Gasteiger partial charge in [-0.1, -0.05) is 0 Å². The quantitative estimate of drug-likeness (QED) is 0.551. The Morgan fingerprint density at radius 1 is 1.09 bits per heavy atom. The molecule has 0 saturated carbocycles. The lowest BCUT2D eigenvalue weighted by atomic mass is 10.0. The molecule has 0 aliphatic carbocycles. The van der Waals surface area contributed by atoms with E-state index in [9.17, 15) is 4.39 Å². The lowest BCUT2D eigenvalue weighted by molar-refractivity contribution is 0.312. The van der Waals surface area contributed by atoms with Crippen LogP contribution in [-0.4, -0.2) is 69.4 Å². The van der Waals surface area contributed by atoms with Gasteiger partial charge in [-0.25, -0.2) is 9.37 Å². The lowest BCUT2D eigenvalue weighted by Crippen LogP contribution is -2.35. The van der Waals surface area contributed by atoms with Gasteiger partial charge in [-0.3, -0.25) is 0 Å². The van der Waals surface area contributed by atoms with Crippen LogP contribution in [0, 0.1) is 5.82 Å². The summed E-state index contributed by atoms with van der Waals surface area (Å²) < 4.78 is 25.7. The van der Waals surface area contributed by atoms with E-state index in [-0.39, 0.29) is 11.6 Å². The molecule has 6 nitrogen and oxygen atoms in total. The van der Waals surface area contributed by atoms with Crippen molar-refractivity contribution in [3.05, 3.63) is 48.3 Å². The first-order valence-electron chi connectivity index (χ1n) is 11.6. The molecule has 2 fully saturated rings. The monoisotopic (exact) mass is 450 g/mol. The first-order valence-corrected chi connectivity index (χ1v) is 11.6. The van der Waals surface area contributed by atoms with Crippen LogP contribution in [0.4, 0.5) is 10.1 Å². The van der Waals surface area contributed by atoms with Crippen LogP contribution in [0.2, 0.25) is 0 Å². The Labute approximate surface area is 194 Å². The first-order chi connectivity index (χ1) is 16.1. The van der Waals surface area contributed by atoms with Crippen LogP contribution in [0.3, 0.4) is 0 Å². The molecule has 3 aromatic rings. The van der Waals surface area contributed by atoms with Gasteiger partial charge >= 0.3 is 0 Å². The van der Waals surface area contributed by atoms with Gasteiger partial charge in [-0.2, -0.15) is 0 Å². The highest BCUT2D eigenvalue weighted by Gasteiger charge is 2.41. The van der Waals surface area contributed by atoms with Crippen molar-refractivity contribution >= 4 is 16.6 Å². The minimum absolute atomic E-state index is 0.214. The second-order valence-corrected chi connectivity index (χ2v) is 8.89. The number of halogens is 1. The summed E-state index contributed by atoms with van der Waals surface area (Å²) in [4.78, 5) is 9.81. The summed E-state index contributed by atoms with van der Waals surface area (Å²) in [5.41, 5.74) is 3.66. The SMILES string of the molecule is CNCCOc1ccc(-c2cc(N3CCC4C3CCN4C)c3cc(F)c(OC)cc3n2)cc1. The maximum Gasteiger partial charge on any atom is 0.165 e. The lowest BCUT2D eigenvalue weighted by Gasteiger charge is -2.28. The third-order valence-electron chi connectivity index (χ3n) is 6.99. The molecule has 2 aliphatic rings. The minimum Gasteiger partial charge on any atom is -0.494 e. The Kier molecular flexibility index (Phi) is 6.08. The summed E-state index contributed by atoms with van der Waals surface area (Å²) in [5.74, 6) is 0.685. The number of nitrogens with one attached hydrogen (secondary N) is 1. The van der Waals surface area contributed by atoms with Gasteiger partial charge in [0.1, 0.15) is 12.4 Å². The number of aromatic nitrogens is 1. The predicted molar refractivity (Wildman–Crippen MR) is 130 cm³/mol. The molecule has 174 valence electrons. The average Bonchev–Trinajstić information content (AvgIpc) is 3.41. The molecule has 0 amide bonds. The van der Waals surface area contributed by atoms with Crippen molar-refractivity contribution in [3.63, 3.8) is 0 Å². The molecule has 2 aliphatic heterocycles. The van der Waals surface area contributed by atoms with E-state index in [1.165, 1.54) is 7.11 Å². The number of benzene rings is 2. The summed E-state index contributed by atoms with van der Waals surface area (Å²) >= 11 is 0. The second-order valence-electron chi connectivity index (χ2n) is 8.89. The summed E-state index contributed by atoms with van der Waals surface area (Å²) in [6, 6.07) is 14.4. The van der Waals surface area contributed by atoms with Gasteiger partial charge in [-0.05, 0) is 63.3 Å². The number of likely N-dealkylation sites (N-methyl/N-ethyl adjacent to an activating group) is 2. The van der Waals surface area contributed by atoms with E-state index in [0.717, 1.165) is 66.1 Å². The highest BCUT2D eigenvalue weighted by molar-refractivity contribution is 5.95. The van der Waals surface area contributed by atoms with Crippen LogP contribution in [0.5, 0.6) is 11.5 Å². The number of fused-ring (bicyclic) bond motifs is 2. The summed E-state index contributed by atoms with van der Waals surface area (Å²) in [7, 11) is 5.60. The largest absolute Gasteiger partial charge is 0.494 e. The number of pyridine rings is 1. The summed E-state index contributed by atoms with van der Waals surface area (Å²) in [6.07, 6.45) is 2.25. The molecule has 0 spiro atoms. The minimum atomic E-state index is -0.358. The van der Waals surface area contributed by atoms with E-state index < -0.39 is 0 Å². The van der Waals surface area contributed by atoms with Crippen LogP contribution in [0.1, 0.15) is 12.8 Å². The van der Waals surface area contributed by atoms with Crippen LogP contribution >= 0.6 is 0 Å². The molecule has 3 heterocycles. The zero-order valence-corrected chi connectivity index (χ0v) is 19.5. The molecular formula is C26H31FN4O2. The first kappa shape index (κ1) is 21.9. The number of nitrogens with zero attached hydrogens (tertiary/aromatic N) is 3. The van der Waals surface area contributed by atoms with Gasteiger partial charge in [0.25, 0.3) is 0 Å². The van der Waals surface area contributed by atoms with E-state index in [0.29, 0.717) is 18.7 Å². The number of hydrogen-bond donors (Lipinski definition) is 1. The number of methoxy groups -OCH3 is 1. The van der Waals surface area contributed by atoms with E-state index in [4.69, 9.17) is 14.5 Å². The van der Waals surface area contributed by atoms with E-state index in [2.05, 4.69) is 28.2 Å². The Bertz CT molecular complexity index is 1140. The van der Waals surface area contributed by atoms with Crippen LogP contribution < -0.4 is 19.7 Å². The molecule has 5 rings (SSSR count). The van der Waals surface area contributed by atoms with E-state index >= 15 is 0 Å². The number of ether oxygens (including phenoxy) is 2. The maximum absolute atomic E-state index is 14.7. The molecule has 33 heavy (non-hydrogen) atoms. The Morgan fingerprint density at radius 3 is 2.64 bits per heavy atom. The molecule has 0 bridgehead atoms. The highest BCUT2D eigenvalue weighted by Crippen LogP contribution is 2.40. The zero-order valence-electron chi connectivity index (χ0n) is 19.5. The molecule has 2 unspecified atom stereocenters. The molecule has 2 saturated heterocycles.